The number of unbranched alkanes of at least 4 members (excludes halogenated alkanes) is 50. The van der Waals surface area contributed by atoms with Crippen molar-refractivity contribution in [2.45, 2.75) is 560 Å². The first-order valence-corrected chi connectivity index (χ1v) is 58.6. The summed E-state index contributed by atoms with van der Waals surface area (Å²) in [6, 6.07) is 54.2. The van der Waals surface area contributed by atoms with Gasteiger partial charge < -0.3 is 0 Å². The molecular weight excluding hydrogens is 1610 g/mol. The van der Waals surface area contributed by atoms with Gasteiger partial charge in [-0.05, 0) is 292 Å². The third-order valence-electron chi connectivity index (χ3n) is 29.9. The van der Waals surface area contributed by atoms with Gasteiger partial charge in [0.2, 0.25) is 0 Å². The lowest BCUT2D eigenvalue weighted by atomic mass is 9.81. The highest BCUT2D eigenvalue weighted by Gasteiger charge is 2.23. The highest BCUT2D eigenvalue weighted by atomic mass is 14.3. The molecule has 0 radical (unpaired) electrons. The number of hydrogen-bond donors (Lipinski definition) is 0. The van der Waals surface area contributed by atoms with Crippen LogP contribution in [0.3, 0.4) is 0 Å². The molecule has 0 fully saturated rings. The minimum absolute atomic E-state index is 1.17. The molecule has 8 rings (SSSR count). The Balaban J connectivity index is 0.000000347. The Morgan fingerprint density at radius 3 is 0.478 bits per heavy atom. The molecule has 0 unspecified atom stereocenters. The minimum Gasteiger partial charge on any atom is -0.0654 e. The molecule has 0 aliphatic carbocycles. The Morgan fingerprint density at radius 2 is 0.269 bits per heavy atom. The summed E-state index contributed by atoms with van der Waals surface area (Å²) in [6.07, 6.45) is 93.6. The van der Waals surface area contributed by atoms with Gasteiger partial charge >= 0.3 is 0 Å². The van der Waals surface area contributed by atoms with E-state index < -0.39 is 0 Å². The highest BCUT2D eigenvalue weighted by Crippen LogP contribution is 2.43. The van der Waals surface area contributed by atoms with E-state index in [4.69, 9.17) is 0 Å². The number of aryl methyl sites for hydroxylation is 16. The zero-order chi connectivity index (χ0) is 96.1. The van der Waals surface area contributed by atoms with Crippen LogP contribution in [-0.4, -0.2) is 0 Å². The van der Waals surface area contributed by atoms with Gasteiger partial charge in [-0.25, -0.2) is 0 Å². The van der Waals surface area contributed by atoms with Crippen molar-refractivity contribution in [3.8, 4) is 55.6 Å². The monoisotopic (exact) mass is 1820 g/mol. The van der Waals surface area contributed by atoms with Crippen LogP contribution < -0.4 is 0 Å². The Bertz CT molecular complexity index is 3980. The normalized spacial score (nSPS) is 11.4. The van der Waals surface area contributed by atoms with Crippen molar-refractivity contribution < 1.29 is 0 Å². The van der Waals surface area contributed by atoms with Gasteiger partial charge in [0.15, 0.2) is 0 Å². The molecule has 0 atom stereocenters. The van der Waals surface area contributed by atoms with Crippen LogP contribution in [0.25, 0.3) is 55.6 Å². The summed E-state index contributed by atoms with van der Waals surface area (Å²) in [5, 5.41) is 0. The van der Waals surface area contributed by atoms with Crippen molar-refractivity contribution in [2.24, 2.45) is 0 Å². The molecule has 0 saturated carbocycles. The summed E-state index contributed by atoms with van der Waals surface area (Å²) in [5.74, 6) is 0. The van der Waals surface area contributed by atoms with Crippen LogP contribution in [0.4, 0.5) is 0 Å². The number of hydrogen-bond acceptors (Lipinski definition) is 0. The number of rotatable bonds is 75. The van der Waals surface area contributed by atoms with Gasteiger partial charge in [-0.2, -0.15) is 0 Å². The van der Waals surface area contributed by atoms with Crippen LogP contribution in [0.15, 0.2) is 133 Å². The fraction of sp³-hybridized carbons (Fsp3) is 0.642. The van der Waals surface area contributed by atoms with Crippen molar-refractivity contribution in [2.75, 3.05) is 0 Å². The van der Waals surface area contributed by atoms with Crippen molar-refractivity contribution >= 4 is 0 Å². The quantitative estimate of drug-likeness (QED) is 0.0333. The summed E-state index contributed by atoms with van der Waals surface area (Å²) in [7, 11) is 0. The molecule has 0 aliphatic heterocycles. The molecule has 0 amide bonds. The van der Waals surface area contributed by atoms with Gasteiger partial charge in [0.25, 0.3) is 0 Å². The van der Waals surface area contributed by atoms with E-state index in [1.165, 1.54) is 516 Å². The van der Waals surface area contributed by atoms with Gasteiger partial charge in [0, 0.05) is 0 Å². The standard InChI is InChI=1S/C68H114.C36H50.C30H46/c1-9-15-21-27-33-39-45-59-53-65(61(51-57(59)7)47-41-35-29-23-17-11-3)67-55-64(50-44-38-32-26-20-14-6)68(56-63(67)49-43-37-31-25-19-13-5)66-54-60(46-40-34-28-22-16-10-2)58(8)52-62(66)48-42-36-30-24-18-12-4;1-5-7-9-11-13-15-17-33-27-36(32-25-21-30(4)22-26-32)34(18-16-14-12-10-8-6-2)28-35(33)31-23-19-29(3)20-24-31;1-5-7-9-11-13-15-17-27-23-25(3)19-21-29(27)30-22-20-26(4)24-28(30)18-16-14-12-10-8-6-2/h51-56H,9-50H2,1-8H3;19-28H,5-18H2,1-4H3;19-24H,5-18H2,1-4H3. The second kappa shape index (κ2) is 74.8. The van der Waals surface area contributed by atoms with Crippen LogP contribution in [0.2, 0.25) is 0 Å². The van der Waals surface area contributed by atoms with Gasteiger partial charge in [0.05, 0.1) is 0 Å². The van der Waals surface area contributed by atoms with Crippen LogP contribution in [0.1, 0.15) is 544 Å². The van der Waals surface area contributed by atoms with Crippen molar-refractivity contribution in [1.29, 1.82) is 0 Å². The van der Waals surface area contributed by atoms with E-state index in [-0.39, 0.29) is 0 Å². The predicted octanol–water partition coefficient (Wildman–Crippen LogP) is 44.3. The topological polar surface area (TPSA) is 0 Å². The molecular formula is C134H210. The Kier molecular flexibility index (Phi) is 65.0. The van der Waals surface area contributed by atoms with Crippen molar-refractivity contribution in [3.05, 3.63) is 222 Å². The van der Waals surface area contributed by atoms with E-state index in [2.05, 4.69) is 244 Å². The lowest BCUT2D eigenvalue weighted by Crippen LogP contribution is -2.04. The average molecular weight is 1820 g/mol. The zero-order valence-corrected chi connectivity index (χ0v) is 91.2. The molecule has 0 aromatic heterocycles. The van der Waals surface area contributed by atoms with E-state index in [1.807, 2.05) is 0 Å². The fourth-order valence-electron chi connectivity index (χ4n) is 21.1. The first-order chi connectivity index (χ1) is 65.7. The first-order valence-electron chi connectivity index (χ1n) is 58.6. The molecule has 746 valence electrons. The third-order valence-corrected chi connectivity index (χ3v) is 29.9. The number of benzene rings is 8. The third kappa shape index (κ3) is 47.1. The molecule has 0 saturated heterocycles. The molecule has 0 heterocycles. The Labute approximate surface area is 832 Å². The van der Waals surface area contributed by atoms with E-state index in [0.717, 1.165) is 0 Å². The molecule has 0 bridgehead atoms. The molecule has 0 N–H and O–H groups in total. The summed E-state index contributed by atoms with van der Waals surface area (Å²) in [4.78, 5) is 0. The van der Waals surface area contributed by atoms with Crippen LogP contribution in [-0.2, 0) is 64.2 Å². The van der Waals surface area contributed by atoms with Crippen LogP contribution in [0, 0.1) is 41.5 Å². The summed E-state index contributed by atoms with van der Waals surface area (Å²) in [6.45, 7) is 37.0. The Morgan fingerprint density at radius 1 is 0.119 bits per heavy atom. The van der Waals surface area contributed by atoms with E-state index in [0.29, 0.717) is 0 Å². The largest absolute Gasteiger partial charge is 0.0654 e. The summed E-state index contributed by atoms with van der Waals surface area (Å²) >= 11 is 0. The minimum atomic E-state index is 1.17. The predicted molar refractivity (Wildman–Crippen MR) is 606 cm³/mol. The van der Waals surface area contributed by atoms with E-state index in [9.17, 15) is 0 Å². The van der Waals surface area contributed by atoms with Crippen LogP contribution in [0.5, 0.6) is 0 Å². The Hall–Kier alpha value is -6.24. The summed E-state index contributed by atoms with van der Waals surface area (Å²) in [5.41, 5.74) is 39.5. The van der Waals surface area contributed by atoms with Crippen molar-refractivity contribution in [1.82, 2.24) is 0 Å². The average Bonchev–Trinajstić information content (AvgIpc) is 0.768. The highest BCUT2D eigenvalue weighted by molar-refractivity contribution is 5.82. The molecule has 0 spiro atoms. The fourth-order valence-corrected chi connectivity index (χ4v) is 21.1. The van der Waals surface area contributed by atoms with E-state index >= 15 is 0 Å². The molecule has 8 aromatic rings. The molecule has 0 nitrogen and oxygen atoms in total. The molecule has 8 aromatic carbocycles. The van der Waals surface area contributed by atoms with Gasteiger partial charge in [-0.1, -0.05) is 546 Å². The maximum atomic E-state index is 2.82. The maximum Gasteiger partial charge on any atom is -0.0146 e. The molecule has 0 aliphatic rings. The van der Waals surface area contributed by atoms with Crippen LogP contribution >= 0.6 is 0 Å². The van der Waals surface area contributed by atoms with Crippen molar-refractivity contribution in [3.63, 3.8) is 0 Å². The zero-order valence-electron chi connectivity index (χ0n) is 91.2. The van der Waals surface area contributed by atoms with Gasteiger partial charge in [-0.3, -0.25) is 0 Å². The van der Waals surface area contributed by atoms with Gasteiger partial charge in [0.1, 0.15) is 0 Å². The second-order valence-corrected chi connectivity index (χ2v) is 42.4. The molecule has 134 heavy (non-hydrogen) atoms. The maximum absolute atomic E-state index is 2.82. The first kappa shape index (κ1) is 116. The second-order valence-electron chi connectivity index (χ2n) is 42.4. The van der Waals surface area contributed by atoms with Gasteiger partial charge in [-0.15, -0.1) is 0 Å². The smallest absolute Gasteiger partial charge is 0.0146 e. The SMILES string of the molecule is CCCCCCCCc1cc(-c2cc(CCCCCCCC)c(-c3cc(CCCCCCCC)c(C)cc3CCCCCCCC)cc2CCCCCCCC)c(CCCCCCCC)cc1C.CCCCCCCCc1cc(-c2ccc(C)cc2)c(CCCCCCCC)cc1-c1ccc(C)cc1.CCCCCCCCc1cc(C)ccc1-c1ccc(C)cc1CCCCCCCC. The summed E-state index contributed by atoms with van der Waals surface area (Å²) < 4.78 is 0. The lowest BCUT2D eigenvalue weighted by molar-refractivity contribution is 0.604. The van der Waals surface area contributed by atoms with E-state index in [1.54, 1.807) is 77.9 Å². The molecule has 0 heteroatoms. The lowest BCUT2D eigenvalue weighted by Gasteiger charge is -2.23.